The largest absolute Gasteiger partial charge is 0.506 e. The van der Waals surface area contributed by atoms with Gasteiger partial charge in [0.1, 0.15) is 23.0 Å². The maximum atomic E-state index is 12.7. The molecule has 0 aliphatic carbocycles. The zero-order valence-corrected chi connectivity index (χ0v) is 21.0. The van der Waals surface area contributed by atoms with Gasteiger partial charge in [0.05, 0.1) is 34.2 Å². The molecule has 1 aliphatic heterocycles. The van der Waals surface area contributed by atoms with Gasteiger partial charge < -0.3 is 19.3 Å². The Balaban J connectivity index is 2.05. The third-order valence-electron chi connectivity index (χ3n) is 4.53. The van der Waals surface area contributed by atoms with Crippen molar-refractivity contribution in [1.82, 2.24) is 0 Å². The molecule has 0 bridgehead atoms. The van der Waals surface area contributed by atoms with Crippen molar-refractivity contribution >= 4 is 58.0 Å². The molecule has 1 amide bonds. The van der Waals surface area contributed by atoms with Crippen LogP contribution in [0.15, 0.2) is 57.6 Å². The Bertz CT molecular complexity index is 1310. The van der Waals surface area contributed by atoms with E-state index in [1.165, 1.54) is 13.2 Å². The van der Waals surface area contributed by atoms with Crippen molar-refractivity contribution in [2.75, 3.05) is 20.3 Å². The number of thioether (sulfide) groups is 1. The Hall–Kier alpha value is -3.38. The fourth-order valence-corrected chi connectivity index (χ4v) is 4.51. The third-order valence-corrected chi connectivity index (χ3v) is 6.16. The fraction of sp³-hybridized carbons (Fsp3) is 0.160. The quantitative estimate of drug-likeness (QED) is 0.360. The van der Waals surface area contributed by atoms with Crippen molar-refractivity contribution < 1.29 is 28.9 Å². The number of amides is 1. The van der Waals surface area contributed by atoms with Crippen molar-refractivity contribution in [3.05, 3.63) is 73.8 Å². The van der Waals surface area contributed by atoms with Crippen LogP contribution in [-0.4, -0.2) is 42.4 Å². The number of terminal acetylenes is 1. The smallest absolute Gasteiger partial charge is 0.344 e. The first-order valence-electron chi connectivity index (χ1n) is 10.1. The van der Waals surface area contributed by atoms with E-state index < -0.39 is 11.9 Å². The molecule has 0 spiro atoms. The van der Waals surface area contributed by atoms with Gasteiger partial charge in [0, 0.05) is 0 Å². The lowest BCUT2D eigenvalue weighted by Crippen LogP contribution is -2.14. The van der Waals surface area contributed by atoms with Crippen LogP contribution in [0.4, 0.5) is 0 Å². The molecule has 0 radical (unpaired) electrons. The average Bonchev–Trinajstić information content (AvgIpc) is 3.12. The van der Waals surface area contributed by atoms with E-state index in [1.807, 2.05) is 0 Å². The lowest BCUT2D eigenvalue weighted by molar-refractivity contribution is -0.138. The number of hydrogen-bond acceptors (Lipinski definition) is 7. The van der Waals surface area contributed by atoms with Gasteiger partial charge in [-0.05, 0) is 42.8 Å². The van der Waals surface area contributed by atoms with Crippen LogP contribution in [-0.2, 0) is 9.53 Å². The van der Waals surface area contributed by atoms with Gasteiger partial charge >= 0.3 is 5.97 Å². The maximum absolute atomic E-state index is 12.7. The van der Waals surface area contributed by atoms with E-state index in [1.54, 1.807) is 43.3 Å². The molecule has 180 valence electrons. The predicted molar refractivity (Wildman–Crippen MR) is 137 cm³/mol. The first-order chi connectivity index (χ1) is 16.8. The van der Waals surface area contributed by atoms with Gasteiger partial charge in [-0.3, -0.25) is 4.79 Å². The molecule has 0 saturated carbocycles. The highest BCUT2D eigenvalue weighted by atomic mass is 35.5. The number of aliphatic hydroxyl groups excluding tert-OH is 1. The first-order valence-corrected chi connectivity index (χ1v) is 11.7. The zero-order valence-electron chi connectivity index (χ0n) is 18.6. The molecular formula is C25H19Cl2NO6S. The average molecular weight is 532 g/mol. The number of carbonyl (C=O) groups is 2. The summed E-state index contributed by atoms with van der Waals surface area (Å²) < 4.78 is 15.8. The summed E-state index contributed by atoms with van der Waals surface area (Å²) in [4.78, 5) is 29.6. The molecule has 0 fully saturated rings. The van der Waals surface area contributed by atoms with Gasteiger partial charge in [-0.15, -0.1) is 6.42 Å². The van der Waals surface area contributed by atoms with Crippen LogP contribution in [0.25, 0.3) is 6.08 Å². The van der Waals surface area contributed by atoms with E-state index in [9.17, 15) is 14.7 Å². The molecule has 0 saturated heterocycles. The van der Waals surface area contributed by atoms with Gasteiger partial charge in [-0.1, -0.05) is 53.0 Å². The van der Waals surface area contributed by atoms with Gasteiger partial charge in [0.15, 0.2) is 11.5 Å². The SMILES string of the molecule is C#CCOc1c(Cl)cc(/C=C2\SC(=NC(=O)c3ccccc3Cl)C(C(=O)OCC)=C2O)cc1OC. The predicted octanol–water partition coefficient (Wildman–Crippen LogP) is 5.72. The van der Waals surface area contributed by atoms with Crippen molar-refractivity contribution in [3.63, 3.8) is 0 Å². The fourth-order valence-electron chi connectivity index (χ4n) is 3.01. The van der Waals surface area contributed by atoms with E-state index >= 15 is 0 Å². The summed E-state index contributed by atoms with van der Waals surface area (Å²) in [5, 5.41) is 11.3. The van der Waals surface area contributed by atoms with Gasteiger partial charge in [0.2, 0.25) is 0 Å². The van der Waals surface area contributed by atoms with Crippen LogP contribution in [0.2, 0.25) is 10.0 Å². The Morgan fingerprint density at radius 2 is 1.97 bits per heavy atom. The highest BCUT2D eigenvalue weighted by Gasteiger charge is 2.34. The standard InChI is InChI=1S/C25H19Cl2NO6S/c1-4-10-34-22-17(27)11-14(12-18(22)32-3)13-19-21(29)20(25(31)33-5-2)24(35-19)28-23(30)15-8-6-7-9-16(15)26/h1,6-9,11-13,29H,5,10H2,2-3H3/b19-13-,28-24?. The number of esters is 1. The highest BCUT2D eigenvalue weighted by molar-refractivity contribution is 8.18. The second kappa shape index (κ2) is 11.8. The van der Waals surface area contributed by atoms with Crippen molar-refractivity contribution in [1.29, 1.82) is 0 Å². The van der Waals surface area contributed by atoms with Crippen LogP contribution >= 0.6 is 35.0 Å². The van der Waals surface area contributed by atoms with Gasteiger partial charge in [-0.2, -0.15) is 0 Å². The minimum atomic E-state index is -0.819. The molecule has 1 aliphatic rings. The Kier molecular flexibility index (Phi) is 8.88. The molecule has 0 unspecified atom stereocenters. The molecule has 0 aromatic heterocycles. The topological polar surface area (TPSA) is 94.4 Å². The molecule has 3 rings (SSSR count). The molecule has 10 heteroatoms. The normalized spacial score (nSPS) is 15.3. The molecule has 1 heterocycles. The number of methoxy groups -OCH3 is 1. The van der Waals surface area contributed by atoms with E-state index in [-0.39, 0.29) is 55.9 Å². The van der Waals surface area contributed by atoms with Crippen LogP contribution in [0.3, 0.4) is 0 Å². The summed E-state index contributed by atoms with van der Waals surface area (Å²) >= 11 is 13.4. The van der Waals surface area contributed by atoms with Crippen LogP contribution in [0.5, 0.6) is 11.5 Å². The van der Waals surface area contributed by atoms with Crippen molar-refractivity contribution in [3.8, 4) is 23.8 Å². The van der Waals surface area contributed by atoms with Crippen LogP contribution < -0.4 is 9.47 Å². The van der Waals surface area contributed by atoms with Gasteiger partial charge in [0.25, 0.3) is 5.91 Å². The first kappa shape index (κ1) is 26.2. The van der Waals surface area contributed by atoms with E-state index in [4.69, 9.17) is 43.8 Å². The second-order valence-electron chi connectivity index (χ2n) is 6.78. The number of rotatable bonds is 7. The molecule has 7 nitrogen and oxygen atoms in total. The summed E-state index contributed by atoms with van der Waals surface area (Å²) in [5.74, 6) is 1.06. The lowest BCUT2D eigenvalue weighted by Gasteiger charge is -2.12. The van der Waals surface area contributed by atoms with E-state index in [0.29, 0.717) is 11.3 Å². The number of ether oxygens (including phenoxy) is 3. The second-order valence-corrected chi connectivity index (χ2v) is 8.63. The number of aliphatic hydroxyl groups is 1. The Morgan fingerprint density at radius 3 is 2.63 bits per heavy atom. The molecule has 1 N–H and O–H groups in total. The number of nitrogens with zero attached hydrogens (tertiary/aromatic N) is 1. The number of benzene rings is 2. The number of carbonyl (C=O) groups excluding carboxylic acids is 2. The number of halogens is 2. The zero-order chi connectivity index (χ0) is 25.5. The summed E-state index contributed by atoms with van der Waals surface area (Å²) in [6, 6.07) is 9.57. The third kappa shape index (κ3) is 6.01. The van der Waals surface area contributed by atoms with Gasteiger partial charge in [-0.25, -0.2) is 9.79 Å². The molecule has 0 atom stereocenters. The number of aliphatic imine (C=N–C) groups is 1. The molecule has 2 aromatic carbocycles. The minimum Gasteiger partial charge on any atom is -0.506 e. The summed E-state index contributed by atoms with van der Waals surface area (Å²) in [6.45, 7) is 1.69. The van der Waals surface area contributed by atoms with Crippen molar-refractivity contribution in [2.45, 2.75) is 6.92 Å². The summed E-state index contributed by atoms with van der Waals surface area (Å²) in [7, 11) is 1.44. The molecule has 2 aromatic rings. The summed E-state index contributed by atoms with van der Waals surface area (Å²) in [6.07, 6.45) is 6.80. The minimum absolute atomic E-state index is 0.00191. The highest BCUT2D eigenvalue weighted by Crippen LogP contribution is 2.42. The Morgan fingerprint density at radius 1 is 1.23 bits per heavy atom. The van der Waals surface area contributed by atoms with E-state index in [0.717, 1.165) is 11.8 Å². The lowest BCUT2D eigenvalue weighted by atomic mass is 10.1. The maximum Gasteiger partial charge on any atom is 0.344 e. The van der Waals surface area contributed by atoms with Crippen molar-refractivity contribution in [2.24, 2.45) is 4.99 Å². The van der Waals surface area contributed by atoms with E-state index in [2.05, 4.69) is 10.9 Å². The monoisotopic (exact) mass is 531 g/mol. The Labute approximate surface area is 216 Å². The number of hydrogen-bond donors (Lipinski definition) is 1. The molecule has 35 heavy (non-hydrogen) atoms. The van der Waals surface area contributed by atoms with Crippen LogP contribution in [0, 0.1) is 12.3 Å². The van der Waals surface area contributed by atoms with Crippen LogP contribution in [0.1, 0.15) is 22.8 Å². The summed E-state index contributed by atoms with van der Waals surface area (Å²) in [5.41, 5.74) is 0.452. The molecular weight excluding hydrogens is 513 g/mol.